The maximum absolute atomic E-state index is 12.6. The van der Waals surface area contributed by atoms with Gasteiger partial charge in [0.05, 0.1) is 18.2 Å². The number of nitrogens with zero attached hydrogens (tertiary/aromatic N) is 1. The third-order valence-electron chi connectivity index (χ3n) is 4.30. The number of benzene rings is 1. The van der Waals surface area contributed by atoms with Crippen LogP contribution in [0.5, 0.6) is 0 Å². The van der Waals surface area contributed by atoms with Gasteiger partial charge in [-0.15, -0.1) is 11.3 Å². The van der Waals surface area contributed by atoms with Crippen LogP contribution in [0, 0.1) is 0 Å². The quantitative estimate of drug-likeness (QED) is 0.683. The number of imide groups is 1. The fraction of sp³-hybridized carbons (Fsp3) is 0.381. The summed E-state index contributed by atoms with van der Waals surface area (Å²) in [5.74, 6) is -1.29. The molecule has 0 bridgehead atoms. The minimum atomic E-state index is -0.685. The minimum absolute atomic E-state index is 0.110. The molecule has 2 aromatic rings. The van der Waals surface area contributed by atoms with Crippen molar-refractivity contribution in [3.8, 4) is 11.1 Å². The Kier molecular flexibility index (Phi) is 7.42. The molecule has 0 unspecified atom stereocenters. The largest absolute Gasteiger partial charge is 0.451 e. The number of hydrogen-bond acceptors (Lipinski definition) is 7. The lowest BCUT2D eigenvalue weighted by atomic mass is 10.1. The summed E-state index contributed by atoms with van der Waals surface area (Å²) in [6.45, 7) is 5.75. The van der Waals surface area contributed by atoms with Gasteiger partial charge in [-0.05, 0) is 25.5 Å². The molecule has 3 rings (SSSR count). The molecule has 30 heavy (non-hydrogen) atoms. The first-order chi connectivity index (χ1) is 14.4. The van der Waals surface area contributed by atoms with Gasteiger partial charge in [0.15, 0.2) is 6.61 Å². The summed E-state index contributed by atoms with van der Waals surface area (Å²) in [4.78, 5) is 38.6. The van der Waals surface area contributed by atoms with Gasteiger partial charge in [-0.1, -0.05) is 30.3 Å². The van der Waals surface area contributed by atoms with Crippen molar-refractivity contribution in [1.82, 2.24) is 10.6 Å². The van der Waals surface area contributed by atoms with Crippen molar-refractivity contribution >= 4 is 34.2 Å². The maximum atomic E-state index is 12.6. The van der Waals surface area contributed by atoms with E-state index < -0.39 is 24.5 Å². The van der Waals surface area contributed by atoms with E-state index in [1.165, 1.54) is 11.3 Å². The molecule has 0 spiro atoms. The Morgan fingerprint density at radius 2 is 1.87 bits per heavy atom. The van der Waals surface area contributed by atoms with Crippen molar-refractivity contribution in [2.75, 3.05) is 37.8 Å². The smallest absolute Gasteiger partial charge is 0.348 e. The highest BCUT2D eigenvalue weighted by molar-refractivity contribution is 7.18. The predicted molar refractivity (Wildman–Crippen MR) is 115 cm³/mol. The third-order valence-corrected chi connectivity index (χ3v) is 5.48. The number of hydrogen-bond donors (Lipinski definition) is 2. The summed E-state index contributed by atoms with van der Waals surface area (Å²) >= 11 is 1.33. The molecule has 0 atom stereocenters. The van der Waals surface area contributed by atoms with E-state index in [-0.39, 0.29) is 6.04 Å². The monoisotopic (exact) mass is 431 g/mol. The van der Waals surface area contributed by atoms with Crippen LogP contribution in [-0.4, -0.2) is 56.9 Å². The molecule has 9 heteroatoms. The van der Waals surface area contributed by atoms with Gasteiger partial charge in [-0.25, -0.2) is 9.59 Å². The number of morpholine rings is 1. The lowest BCUT2D eigenvalue weighted by molar-refractivity contribution is -0.123. The van der Waals surface area contributed by atoms with Crippen LogP contribution in [0.25, 0.3) is 11.1 Å². The van der Waals surface area contributed by atoms with Gasteiger partial charge in [0.2, 0.25) is 0 Å². The van der Waals surface area contributed by atoms with Gasteiger partial charge in [-0.3, -0.25) is 10.1 Å². The Morgan fingerprint density at radius 3 is 2.53 bits per heavy atom. The molecule has 1 fully saturated rings. The second-order valence-electron chi connectivity index (χ2n) is 7.05. The van der Waals surface area contributed by atoms with Crippen molar-refractivity contribution in [2.45, 2.75) is 19.9 Å². The summed E-state index contributed by atoms with van der Waals surface area (Å²) in [6, 6.07) is 10.9. The van der Waals surface area contributed by atoms with E-state index in [4.69, 9.17) is 9.47 Å². The number of ether oxygens (including phenoxy) is 2. The van der Waals surface area contributed by atoms with Crippen molar-refractivity contribution < 1.29 is 23.9 Å². The van der Waals surface area contributed by atoms with Crippen LogP contribution < -0.4 is 15.5 Å². The summed E-state index contributed by atoms with van der Waals surface area (Å²) in [7, 11) is 0. The lowest BCUT2D eigenvalue weighted by Crippen LogP contribution is -2.44. The molecule has 160 valence electrons. The van der Waals surface area contributed by atoms with E-state index >= 15 is 0 Å². The van der Waals surface area contributed by atoms with Crippen LogP contribution in [0.4, 0.5) is 9.80 Å². The second-order valence-corrected chi connectivity index (χ2v) is 8.08. The SMILES string of the molecule is CC(C)NC(=O)NC(=O)COC(=O)c1cc(-c2ccccc2)c(N2CCOCC2)s1. The molecule has 1 aromatic heterocycles. The van der Waals surface area contributed by atoms with Crippen LogP contribution in [0.3, 0.4) is 0 Å². The topological polar surface area (TPSA) is 97.0 Å². The molecule has 1 aliphatic heterocycles. The molecular formula is C21H25N3O5S. The number of anilines is 1. The predicted octanol–water partition coefficient (Wildman–Crippen LogP) is 2.64. The first-order valence-corrected chi connectivity index (χ1v) is 10.5. The minimum Gasteiger partial charge on any atom is -0.451 e. The van der Waals surface area contributed by atoms with Gasteiger partial charge in [0, 0.05) is 24.7 Å². The normalized spacial score (nSPS) is 13.8. The Balaban J connectivity index is 1.70. The fourth-order valence-electron chi connectivity index (χ4n) is 2.97. The molecule has 0 radical (unpaired) electrons. The van der Waals surface area contributed by atoms with E-state index in [1.54, 1.807) is 19.9 Å². The fourth-order valence-corrected chi connectivity index (χ4v) is 4.10. The number of amides is 3. The van der Waals surface area contributed by atoms with E-state index in [9.17, 15) is 14.4 Å². The number of thiophene rings is 1. The number of rotatable bonds is 6. The standard InChI is InChI=1S/C21H25N3O5S/c1-14(2)22-21(27)23-18(25)13-29-20(26)17-12-16(15-6-4-3-5-7-15)19(30-17)24-8-10-28-11-9-24/h3-7,12,14H,8-11,13H2,1-2H3,(H2,22,23,25,27). The van der Waals surface area contributed by atoms with Gasteiger partial charge in [0.1, 0.15) is 4.88 Å². The second kappa shape index (κ2) is 10.2. The number of carbonyl (C=O) groups excluding carboxylic acids is 3. The Morgan fingerprint density at radius 1 is 1.17 bits per heavy atom. The van der Waals surface area contributed by atoms with E-state index in [0.29, 0.717) is 18.1 Å². The Labute approximate surface area is 179 Å². The van der Waals surface area contributed by atoms with Crippen LogP contribution >= 0.6 is 11.3 Å². The van der Waals surface area contributed by atoms with Crippen LogP contribution in [-0.2, 0) is 14.3 Å². The molecule has 2 N–H and O–H groups in total. The van der Waals surface area contributed by atoms with Crippen molar-refractivity contribution in [1.29, 1.82) is 0 Å². The van der Waals surface area contributed by atoms with Crippen LogP contribution in [0.15, 0.2) is 36.4 Å². The average molecular weight is 432 g/mol. The van der Waals surface area contributed by atoms with Crippen LogP contribution in [0.1, 0.15) is 23.5 Å². The maximum Gasteiger partial charge on any atom is 0.348 e. The lowest BCUT2D eigenvalue weighted by Gasteiger charge is -2.28. The number of nitrogens with one attached hydrogen (secondary N) is 2. The van der Waals surface area contributed by atoms with Crippen molar-refractivity contribution in [2.24, 2.45) is 0 Å². The summed E-state index contributed by atoms with van der Waals surface area (Å²) in [5, 5.41) is 5.63. The van der Waals surface area contributed by atoms with E-state index in [2.05, 4.69) is 15.5 Å². The van der Waals surface area contributed by atoms with E-state index in [0.717, 1.165) is 29.2 Å². The molecule has 1 saturated heterocycles. The highest BCUT2D eigenvalue weighted by atomic mass is 32.1. The number of carbonyl (C=O) groups is 3. The van der Waals surface area contributed by atoms with Crippen LogP contribution in [0.2, 0.25) is 0 Å². The zero-order chi connectivity index (χ0) is 21.5. The molecule has 3 amide bonds. The first kappa shape index (κ1) is 21.8. The highest BCUT2D eigenvalue weighted by Gasteiger charge is 2.23. The molecule has 1 aliphatic rings. The molecule has 1 aromatic carbocycles. The average Bonchev–Trinajstić information content (AvgIpc) is 3.18. The molecule has 2 heterocycles. The number of urea groups is 1. The third kappa shape index (κ3) is 5.80. The zero-order valence-corrected chi connectivity index (χ0v) is 17.8. The van der Waals surface area contributed by atoms with Gasteiger partial charge >= 0.3 is 12.0 Å². The summed E-state index contributed by atoms with van der Waals surface area (Å²) in [5.41, 5.74) is 1.94. The van der Waals surface area contributed by atoms with Crippen molar-refractivity contribution in [3.05, 3.63) is 41.3 Å². The Hall–Kier alpha value is -2.91. The molecular weight excluding hydrogens is 406 g/mol. The number of esters is 1. The molecule has 0 saturated carbocycles. The zero-order valence-electron chi connectivity index (χ0n) is 17.0. The highest BCUT2D eigenvalue weighted by Crippen LogP contribution is 2.39. The van der Waals surface area contributed by atoms with Gasteiger partial charge in [-0.2, -0.15) is 0 Å². The molecule has 8 nitrogen and oxygen atoms in total. The summed E-state index contributed by atoms with van der Waals surface area (Å²) < 4.78 is 10.6. The Bertz CT molecular complexity index is 891. The first-order valence-electron chi connectivity index (χ1n) is 9.73. The van der Waals surface area contributed by atoms with Crippen molar-refractivity contribution in [3.63, 3.8) is 0 Å². The van der Waals surface area contributed by atoms with Gasteiger partial charge in [0.25, 0.3) is 5.91 Å². The van der Waals surface area contributed by atoms with Gasteiger partial charge < -0.3 is 19.7 Å². The molecule has 0 aliphatic carbocycles. The summed E-state index contributed by atoms with van der Waals surface area (Å²) in [6.07, 6.45) is 0. The van der Waals surface area contributed by atoms with E-state index in [1.807, 2.05) is 30.3 Å².